The molecule has 0 aliphatic carbocycles. The molecule has 0 atom stereocenters. The summed E-state index contributed by atoms with van der Waals surface area (Å²) in [5.74, 6) is 2.19. The minimum atomic E-state index is 0.427. The van der Waals surface area contributed by atoms with Crippen LogP contribution in [0.3, 0.4) is 0 Å². The molecule has 36 heavy (non-hydrogen) atoms. The van der Waals surface area contributed by atoms with Gasteiger partial charge < -0.3 is 10.6 Å². The van der Waals surface area contributed by atoms with Crippen molar-refractivity contribution in [1.82, 2.24) is 35.3 Å². The second-order valence-corrected chi connectivity index (χ2v) is 9.81. The van der Waals surface area contributed by atoms with E-state index in [2.05, 4.69) is 71.9 Å². The van der Waals surface area contributed by atoms with E-state index >= 15 is 0 Å². The van der Waals surface area contributed by atoms with Gasteiger partial charge in [-0.3, -0.25) is 10.00 Å². The van der Waals surface area contributed by atoms with Crippen LogP contribution in [-0.4, -0.2) is 48.4 Å². The van der Waals surface area contributed by atoms with Crippen LogP contribution in [0.4, 0.5) is 23.3 Å². The Hall–Kier alpha value is -3.56. The largest absolute Gasteiger partial charge is 0.324 e. The first kappa shape index (κ1) is 24.1. The van der Waals surface area contributed by atoms with Gasteiger partial charge in [-0.25, -0.2) is 4.98 Å². The summed E-state index contributed by atoms with van der Waals surface area (Å²) in [5, 5.41) is 21.9. The first-order chi connectivity index (χ1) is 17.4. The maximum absolute atomic E-state index is 6.31. The highest BCUT2D eigenvalue weighted by atomic mass is 35.5. The molecule has 0 saturated carbocycles. The molecule has 5 rings (SSSR count). The van der Waals surface area contributed by atoms with E-state index in [1.54, 1.807) is 12.4 Å². The zero-order valence-electron chi connectivity index (χ0n) is 20.7. The van der Waals surface area contributed by atoms with E-state index in [4.69, 9.17) is 11.6 Å². The number of H-pyrrole nitrogens is 1. The van der Waals surface area contributed by atoms with Crippen LogP contribution in [0.15, 0.2) is 42.9 Å². The van der Waals surface area contributed by atoms with Crippen molar-refractivity contribution in [1.29, 1.82) is 0 Å². The highest BCUT2D eigenvalue weighted by molar-refractivity contribution is 6.32. The molecule has 1 aliphatic rings. The monoisotopic (exact) mass is 503 g/mol. The third kappa shape index (κ3) is 5.63. The first-order valence-corrected chi connectivity index (χ1v) is 12.5. The zero-order valence-corrected chi connectivity index (χ0v) is 21.5. The van der Waals surface area contributed by atoms with E-state index < -0.39 is 0 Å². The number of halogens is 1. The van der Waals surface area contributed by atoms with Crippen molar-refractivity contribution in [2.75, 3.05) is 23.7 Å². The van der Waals surface area contributed by atoms with Crippen LogP contribution >= 0.6 is 11.6 Å². The molecule has 4 heterocycles. The summed E-state index contributed by atoms with van der Waals surface area (Å²) in [5.41, 5.74) is 7.02. The van der Waals surface area contributed by atoms with Gasteiger partial charge in [0.05, 0.1) is 12.4 Å². The molecule has 3 aromatic heterocycles. The number of likely N-dealkylation sites (tertiary alicyclic amines) is 1. The van der Waals surface area contributed by atoms with Gasteiger partial charge in [-0.15, -0.1) is 0 Å². The predicted molar refractivity (Wildman–Crippen MR) is 142 cm³/mol. The van der Waals surface area contributed by atoms with Crippen molar-refractivity contribution >= 4 is 34.9 Å². The Kier molecular flexibility index (Phi) is 7.11. The second-order valence-electron chi connectivity index (χ2n) is 9.40. The van der Waals surface area contributed by atoms with Gasteiger partial charge in [-0.2, -0.15) is 20.3 Å². The number of hydrogen-bond acceptors (Lipinski definition) is 8. The number of aryl methyl sites for hydroxylation is 3. The van der Waals surface area contributed by atoms with E-state index in [0.29, 0.717) is 28.5 Å². The normalized spacial score (nSPS) is 14.7. The molecule has 1 saturated heterocycles. The van der Waals surface area contributed by atoms with Crippen molar-refractivity contribution in [2.45, 2.75) is 46.1 Å². The number of anilines is 4. The van der Waals surface area contributed by atoms with Gasteiger partial charge in [0.2, 0.25) is 5.95 Å². The minimum absolute atomic E-state index is 0.427. The smallest absolute Gasteiger partial charge is 0.229 e. The molecule has 9 nitrogen and oxygen atoms in total. The van der Waals surface area contributed by atoms with Gasteiger partial charge in [-0.1, -0.05) is 17.7 Å². The molecule has 3 N–H and O–H groups in total. The molecular formula is C26H30ClN9. The number of aromatic amines is 1. The summed E-state index contributed by atoms with van der Waals surface area (Å²) in [6.45, 7) is 9.33. The standard InChI is InChI=1S/C26H30ClN9/c1-16-11-23(31-26-28-14-22(27)25(33-26)32-24-12-18(3)34-35-24)17(2)10-21(16)20-5-8-36(9-6-20)15-19-4-7-29-30-13-19/h4,7,10-14,20H,5-6,8-9,15H2,1-3H3,(H3,28,31,32,33,34,35). The van der Waals surface area contributed by atoms with Crippen molar-refractivity contribution in [3.05, 3.63) is 75.8 Å². The lowest BCUT2D eigenvalue weighted by molar-refractivity contribution is 0.204. The zero-order chi connectivity index (χ0) is 25.1. The van der Waals surface area contributed by atoms with Gasteiger partial charge >= 0.3 is 0 Å². The van der Waals surface area contributed by atoms with Crippen molar-refractivity contribution in [3.8, 4) is 0 Å². The van der Waals surface area contributed by atoms with Gasteiger partial charge in [0, 0.05) is 30.2 Å². The summed E-state index contributed by atoms with van der Waals surface area (Å²) in [7, 11) is 0. The average Bonchev–Trinajstić information content (AvgIpc) is 3.29. The van der Waals surface area contributed by atoms with Crippen LogP contribution in [-0.2, 0) is 6.54 Å². The molecule has 0 spiro atoms. The molecular weight excluding hydrogens is 474 g/mol. The summed E-state index contributed by atoms with van der Waals surface area (Å²) < 4.78 is 0. The lowest BCUT2D eigenvalue weighted by Crippen LogP contribution is -2.32. The minimum Gasteiger partial charge on any atom is -0.324 e. The Labute approximate surface area is 215 Å². The van der Waals surface area contributed by atoms with Crippen molar-refractivity contribution < 1.29 is 0 Å². The van der Waals surface area contributed by atoms with Gasteiger partial charge in [0.15, 0.2) is 11.6 Å². The summed E-state index contributed by atoms with van der Waals surface area (Å²) in [6, 6.07) is 8.44. The van der Waals surface area contributed by atoms with Crippen LogP contribution in [0.25, 0.3) is 0 Å². The fourth-order valence-electron chi connectivity index (χ4n) is 4.72. The van der Waals surface area contributed by atoms with Crippen LogP contribution in [0, 0.1) is 20.8 Å². The predicted octanol–water partition coefficient (Wildman–Crippen LogP) is 5.44. The number of hydrogen-bond donors (Lipinski definition) is 3. The number of nitrogens with zero attached hydrogens (tertiary/aromatic N) is 6. The number of rotatable bonds is 7. The summed E-state index contributed by atoms with van der Waals surface area (Å²) in [6.07, 6.45) is 7.50. The maximum Gasteiger partial charge on any atom is 0.229 e. The number of benzene rings is 1. The molecule has 1 aliphatic heterocycles. The Bertz CT molecular complexity index is 1330. The Morgan fingerprint density at radius 1 is 1.03 bits per heavy atom. The van der Waals surface area contributed by atoms with Crippen LogP contribution in [0.5, 0.6) is 0 Å². The summed E-state index contributed by atoms with van der Waals surface area (Å²) >= 11 is 6.31. The third-order valence-electron chi connectivity index (χ3n) is 6.64. The Morgan fingerprint density at radius 3 is 2.58 bits per heavy atom. The molecule has 0 radical (unpaired) electrons. The van der Waals surface area contributed by atoms with Crippen LogP contribution in [0.2, 0.25) is 5.02 Å². The lowest BCUT2D eigenvalue weighted by Gasteiger charge is -2.33. The average molecular weight is 504 g/mol. The number of piperidine rings is 1. The van der Waals surface area contributed by atoms with Gasteiger partial charge in [0.1, 0.15) is 5.02 Å². The van der Waals surface area contributed by atoms with Crippen LogP contribution in [0.1, 0.15) is 46.7 Å². The van der Waals surface area contributed by atoms with E-state index in [-0.39, 0.29) is 0 Å². The highest BCUT2D eigenvalue weighted by Gasteiger charge is 2.23. The van der Waals surface area contributed by atoms with Crippen molar-refractivity contribution in [3.63, 3.8) is 0 Å². The fourth-order valence-corrected chi connectivity index (χ4v) is 4.86. The molecule has 0 amide bonds. The molecule has 1 aromatic carbocycles. The molecule has 1 fully saturated rings. The van der Waals surface area contributed by atoms with E-state index in [1.165, 1.54) is 16.7 Å². The quantitative estimate of drug-likeness (QED) is 0.306. The Morgan fingerprint density at radius 2 is 1.86 bits per heavy atom. The lowest BCUT2D eigenvalue weighted by atomic mass is 9.85. The SMILES string of the molecule is Cc1cc(Nc2nc(Nc3cc(C)c(C4CCN(Cc5ccnnc5)CC4)cc3C)ncc2Cl)n[nH]1. The van der Waals surface area contributed by atoms with Gasteiger partial charge in [-0.05, 0) is 87.0 Å². The third-order valence-corrected chi connectivity index (χ3v) is 6.91. The van der Waals surface area contributed by atoms with E-state index in [1.807, 2.05) is 25.3 Å². The van der Waals surface area contributed by atoms with Crippen LogP contribution < -0.4 is 10.6 Å². The molecule has 10 heteroatoms. The maximum atomic E-state index is 6.31. The molecule has 0 bridgehead atoms. The molecule has 186 valence electrons. The van der Waals surface area contributed by atoms with E-state index in [9.17, 15) is 0 Å². The van der Waals surface area contributed by atoms with E-state index in [0.717, 1.165) is 49.4 Å². The second kappa shape index (κ2) is 10.6. The fraction of sp³-hybridized carbons (Fsp3) is 0.346. The topological polar surface area (TPSA) is 108 Å². The molecule has 0 unspecified atom stereocenters. The number of nitrogens with one attached hydrogen (secondary N) is 3. The molecule has 4 aromatic rings. The first-order valence-electron chi connectivity index (χ1n) is 12.1. The van der Waals surface area contributed by atoms with Gasteiger partial charge in [0.25, 0.3) is 0 Å². The number of aromatic nitrogens is 6. The van der Waals surface area contributed by atoms with Crippen molar-refractivity contribution in [2.24, 2.45) is 0 Å². The summed E-state index contributed by atoms with van der Waals surface area (Å²) in [4.78, 5) is 11.4. The highest BCUT2D eigenvalue weighted by Crippen LogP contribution is 2.34. The Balaban J connectivity index is 1.25.